The van der Waals surface area contributed by atoms with Crippen LogP contribution in [0, 0.1) is 0 Å². The molecule has 0 amide bonds. The molecule has 1 aliphatic heterocycles. The van der Waals surface area contributed by atoms with Gasteiger partial charge in [0.05, 0.1) is 6.54 Å². The number of hydrogen-bond donors (Lipinski definition) is 1. The summed E-state index contributed by atoms with van der Waals surface area (Å²) in [7, 11) is 0. The summed E-state index contributed by atoms with van der Waals surface area (Å²) in [4.78, 5) is 0. The SMILES string of the molecule is C=CCNN=C1CCSCC1. The lowest BCUT2D eigenvalue weighted by molar-refractivity contribution is 0.813. The van der Waals surface area contributed by atoms with Gasteiger partial charge in [-0.25, -0.2) is 0 Å². The topological polar surface area (TPSA) is 24.4 Å². The zero-order valence-electron chi connectivity index (χ0n) is 6.68. The molecule has 2 nitrogen and oxygen atoms in total. The van der Waals surface area contributed by atoms with E-state index in [0.29, 0.717) is 0 Å². The highest BCUT2D eigenvalue weighted by molar-refractivity contribution is 7.99. The second-order valence-corrected chi connectivity index (χ2v) is 3.67. The monoisotopic (exact) mass is 170 g/mol. The molecule has 0 bridgehead atoms. The largest absolute Gasteiger partial charge is 0.306 e. The van der Waals surface area contributed by atoms with Crippen LogP contribution in [0.3, 0.4) is 0 Å². The van der Waals surface area contributed by atoms with Crippen molar-refractivity contribution in [3.8, 4) is 0 Å². The van der Waals surface area contributed by atoms with Crippen LogP contribution in [0.5, 0.6) is 0 Å². The predicted octanol–water partition coefficient (Wildman–Crippen LogP) is 1.65. The van der Waals surface area contributed by atoms with E-state index < -0.39 is 0 Å². The molecule has 3 heteroatoms. The van der Waals surface area contributed by atoms with Crippen molar-refractivity contribution in [1.29, 1.82) is 0 Å². The van der Waals surface area contributed by atoms with E-state index in [-0.39, 0.29) is 0 Å². The van der Waals surface area contributed by atoms with Gasteiger partial charge in [0, 0.05) is 5.71 Å². The highest BCUT2D eigenvalue weighted by atomic mass is 32.2. The van der Waals surface area contributed by atoms with Crippen molar-refractivity contribution in [2.24, 2.45) is 5.10 Å². The lowest BCUT2D eigenvalue weighted by atomic mass is 10.2. The molecule has 0 saturated carbocycles. The molecular weight excluding hydrogens is 156 g/mol. The molecule has 0 radical (unpaired) electrons. The fourth-order valence-corrected chi connectivity index (χ4v) is 1.90. The molecule has 0 aromatic rings. The molecule has 0 atom stereocenters. The maximum atomic E-state index is 4.26. The van der Waals surface area contributed by atoms with Crippen LogP contribution in [0.1, 0.15) is 12.8 Å². The first-order valence-electron chi connectivity index (χ1n) is 3.90. The second-order valence-electron chi connectivity index (χ2n) is 2.44. The number of nitrogens with one attached hydrogen (secondary N) is 1. The first kappa shape index (κ1) is 8.65. The Bertz CT molecular complexity index is 146. The molecule has 1 heterocycles. The number of rotatable bonds is 3. The number of hydrazone groups is 1. The van der Waals surface area contributed by atoms with E-state index in [2.05, 4.69) is 17.1 Å². The molecule has 0 unspecified atom stereocenters. The summed E-state index contributed by atoms with van der Waals surface area (Å²) in [5.41, 5.74) is 4.28. The van der Waals surface area contributed by atoms with Gasteiger partial charge in [-0.1, -0.05) is 6.08 Å². The van der Waals surface area contributed by atoms with E-state index in [1.807, 2.05) is 17.8 Å². The van der Waals surface area contributed by atoms with Crippen molar-refractivity contribution >= 4 is 17.5 Å². The Hall–Kier alpha value is -0.440. The zero-order chi connectivity index (χ0) is 7.94. The molecule has 1 aliphatic rings. The summed E-state index contributed by atoms with van der Waals surface area (Å²) in [5.74, 6) is 2.46. The summed E-state index contributed by atoms with van der Waals surface area (Å²) in [6, 6.07) is 0. The van der Waals surface area contributed by atoms with E-state index in [1.165, 1.54) is 17.2 Å². The van der Waals surface area contributed by atoms with Crippen molar-refractivity contribution in [3.05, 3.63) is 12.7 Å². The van der Waals surface area contributed by atoms with E-state index in [9.17, 15) is 0 Å². The van der Waals surface area contributed by atoms with Crippen molar-refractivity contribution in [2.45, 2.75) is 12.8 Å². The third kappa shape index (κ3) is 3.46. The maximum absolute atomic E-state index is 4.26. The van der Waals surface area contributed by atoms with Gasteiger partial charge in [0.25, 0.3) is 0 Å². The molecule has 62 valence electrons. The summed E-state index contributed by atoms with van der Waals surface area (Å²) < 4.78 is 0. The van der Waals surface area contributed by atoms with Gasteiger partial charge in [0.1, 0.15) is 0 Å². The molecule has 1 rings (SSSR count). The van der Waals surface area contributed by atoms with Gasteiger partial charge in [0.2, 0.25) is 0 Å². The molecule has 0 spiro atoms. The second kappa shape index (κ2) is 5.24. The highest BCUT2D eigenvalue weighted by Crippen LogP contribution is 2.13. The van der Waals surface area contributed by atoms with Crippen LogP contribution in [0.15, 0.2) is 17.8 Å². The molecule has 0 aromatic heterocycles. The highest BCUT2D eigenvalue weighted by Gasteiger charge is 2.05. The summed E-state index contributed by atoms with van der Waals surface area (Å²) in [6.45, 7) is 4.38. The minimum atomic E-state index is 0.774. The average Bonchev–Trinajstić information content (AvgIpc) is 2.07. The van der Waals surface area contributed by atoms with Gasteiger partial charge in [-0.15, -0.1) is 6.58 Å². The molecule has 1 N–H and O–H groups in total. The number of hydrogen-bond acceptors (Lipinski definition) is 3. The summed E-state index contributed by atoms with van der Waals surface area (Å²) >= 11 is 2.01. The van der Waals surface area contributed by atoms with Crippen molar-refractivity contribution in [2.75, 3.05) is 18.1 Å². The normalized spacial score (nSPS) is 17.6. The average molecular weight is 170 g/mol. The van der Waals surface area contributed by atoms with E-state index in [1.54, 1.807) is 0 Å². The minimum absolute atomic E-state index is 0.774. The van der Waals surface area contributed by atoms with Crippen LogP contribution < -0.4 is 5.43 Å². The lowest BCUT2D eigenvalue weighted by Gasteiger charge is -2.11. The van der Waals surface area contributed by atoms with E-state index in [4.69, 9.17) is 0 Å². The van der Waals surface area contributed by atoms with Crippen molar-refractivity contribution in [3.63, 3.8) is 0 Å². The summed E-state index contributed by atoms with van der Waals surface area (Å²) in [6.07, 6.45) is 4.12. The fourth-order valence-electron chi connectivity index (χ4n) is 0.941. The van der Waals surface area contributed by atoms with Crippen LogP contribution in [0.2, 0.25) is 0 Å². The van der Waals surface area contributed by atoms with E-state index in [0.717, 1.165) is 19.4 Å². The molecular formula is C8H14N2S. The van der Waals surface area contributed by atoms with Crippen LogP contribution in [-0.4, -0.2) is 23.8 Å². The zero-order valence-corrected chi connectivity index (χ0v) is 7.49. The summed E-state index contributed by atoms with van der Waals surface area (Å²) in [5, 5.41) is 4.26. The van der Waals surface area contributed by atoms with Gasteiger partial charge < -0.3 is 5.43 Å². The quantitative estimate of drug-likeness (QED) is 0.395. The number of nitrogens with zero attached hydrogens (tertiary/aromatic N) is 1. The molecule has 11 heavy (non-hydrogen) atoms. The van der Waals surface area contributed by atoms with Gasteiger partial charge in [-0.2, -0.15) is 16.9 Å². The third-order valence-electron chi connectivity index (χ3n) is 1.54. The minimum Gasteiger partial charge on any atom is -0.306 e. The molecule has 0 aliphatic carbocycles. The Kier molecular flexibility index (Phi) is 4.12. The smallest absolute Gasteiger partial charge is 0.0507 e. The van der Waals surface area contributed by atoms with Crippen molar-refractivity contribution < 1.29 is 0 Å². The Morgan fingerprint density at radius 3 is 2.91 bits per heavy atom. The van der Waals surface area contributed by atoms with Crippen LogP contribution in [-0.2, 0) is 0 Å². The van der Waals surface area contributed by atoms with Crippen LogP contribution in [0.25, 0.3) is 0 Å². The third-order valence-corrected chi connectivity index (χ3v) is 2.53. The molecule has 1 fully saturated rings. The lowest BCUT2D eigenvalue weighted by Crippen LogP contribution is -2.14. The predicted molar refractivity (Wildman–Crippen MR) is 52.2 cm³/mol. The van der Waals surface area contributed by atoms with Gasteiger partial charge in [-0.3, -0.25) is 0 Å². The van der Waals surface area contributed by atoms with Gasteiger partial charge in [-0.05, 0) is 24.3 Å². The first-order chi connectivity index (χ1) is 5.43. The Morgan fingerprint density at radius 2 is 2.27 bits per heavy atom. The van der Waals surface area contributed by atoms with E-state index >= 15 is 0 Å². The fraction of sp³-hybridized carbons (Fsp3) is 0.625. The van der Waals surface area contributed by atoms with Gasteiger partial charge in [0.15, 0.2) is 0 Å². The van der Waals surface area contributed by atoms with Gasteiger partial charge >= 0.3 is 0 Å². The Labute approximate surface area is 72.1 Å². The Morgan fingerprint density at radius 1 is 1.55 bits per heavy atom. The maximum Gasteiger partial charge on any atom is 0.0507 e. The standard InChI is InChI=1S/C8H14N2S/c1-2-5-9-10-8-3-6-11-7-4-8/h2,9H,1,3-7H2. The molecule has 1 saturated heterocycles. The van der Waals surface area contributed by atoms with Crippen LogP contribution in [0.4, 0.5) is 0 Å². The van der Waals surface area contributed by atoms with Crippen molar-refractivity contribution in [1.82, 2.24) is 5.43 Å². The Balaban J connectivity index is 2.20. The van der Waals surface area contributed by atoms with Crippen LogP contribution >= 0.6 is 11.8 Å². The first-order valence-corrected chi connectivity index (χ1v) is 5.06. The number of thioether (sulfide) groups is 1. The molecule has 0 aromatic carbocycles.